The number of aromatic nitrogens is 2. The minimum absolute atomic E-state index is 0.639. The van der Waals surface area contributed by atoms with Crippen LogP contribution in [0.4, 0.5) is 0 Å². The van der Waals surface area contributed by atoms with E-state index in [0.717, 1.165) is 23.1 Å². The van der Waals surface area contributed by atoms with Crippen LogP contribution >= 0.6 is 27.5 Å². The SMILES string of the molecule is COCCn1ncc(Br)c1/C=C/CCCl. The van der Waals surface area contributed by atoms with Gasteiger partial charge in [-0.3, -0.25) is 4.68 Å². The molecular formula is C10H14BrClN2O. The van der Waals surface area contributed by atoms with E-state index in [4.69, 9.17) is 16.3 Å². The quantitative estimate of drug-likeness (QED) is 0.754. The summed E-state index contributed by atoms with van der Waals surface area (Å²) in [4.78, 5) is 0. The van der Waals surface area contributed by atoms with E-state index in [1.807, 2.05) is 16.8 Å². The molecule has 1 rings (SSSR count). The third kappa shape index (κ3) is 3.97. The highest BCUT2D eigenvalue weighted by molar-refractivity contribution is 9.10. The van der Waals surface area contributed by atoms with Crippen LogP contribution in [-0.2, 0) is 11.3 Å². The molecule has 0 spiro atoms. The van der Waals surface area contributed by atoms with E-state index >= 15 is 0 Å². The normalized spacial score (nSPS) is 11.4. The molecule has 1 heterocycles. The maximum atomic E-state index is 5.60. The van der Waals surface area contributed by atoms with Crippen molar-refractivity contribution < 1.29 is 4.74 Å². The topological polar surface area (TPSA) is 27.1 Å². The molecule has 0 aromatic carbocycles. The van der Waals surface area contributed by atoms with E-state index in [-0.39, 0.29) is 0 Å². The maximum Gasteiger partial charge on any atom is 0.0750 e. The van der Waals surface area contributed by atoms with E-state index in [9.17, 15) is 0 Å². The second kappa shape index (κ2) is 7.04. The van der Waals surface area contributed by atoms with Gasteiger partial charge in [-0.1, -0.05) is 6.08 Å². The number of allylic oxidation sites excluding steroid dienone is 1. The number of halogens is 2. The van der Waals surface area contributed by atoms with Gasteiger partial charge in [-0.15, -0.1) is 11.6 Å². The summed E-state index contributed by atoms with van der Waals surface area (Å²) in [5, 5.41) is 4.24. The summed E-state index contributed by atoms with van der Waals surface area (Å²) in [5.74, 6) is 0.639. The number of methoxy groups -OCH3 is 1. The lowest BCUT2D eigenvalue weighted by Crippen LogP contribution is -2.07. The van der Waals surface area contributed by atoms with Crippen molar-refractivity contribution in [3.05, 3.63) is 22.4 Å². The Balaban J connectivity index is 2.70. The number of hydrogen-bond acceptors (Lipinski definition) is 2. The van der Waals surface area contributed by atoms with Gasteiger partial charge >= 0.3 is 0 Å². The Kier molecular flexibility index (Phi) is 5.98. The molecule has 0 N–H and O–H groups in total. The molecule has 15 heavy (non-hydrogen) atoms. The van der Waals surface area contributed by atoms with E-state index in [1.54, 1.807) is 13.3 Å². The minimum Gasteiger partial charge on any atom is -0.383 e. The molecule has 0 amide bonds. The standard InChI is InChI=1S/C10H14BrClN2O/c1-15-7-6-14-10(4-2-3-5-12)9(11)8-13-14/h2,4,8H,3,5-7H2,1H3/b4-2+. The van der Waals surface area contributed by atoms with Gasteiger partial charge in [0, 0.05) is 13.0 Å². The van der Waals surface area contributed by atoms with Crippen molar-refractivity contribution in [3.8, 4) is 0 Å². The van der Waals surface area contributed by atoms with Crippen LogP contribution in [0, 0.1) is 0 Å². The molecule has 0 bridgehead atoms. The first kappa shape index (κ1) is 12.7. The van der Waals surface area contributed by atoms with Crippen LogP contribution in [0.3, 0.4) is 0 Å². The Morgan fingerprint density at radius 3 is 3.13 bits per heavy atom. The summed E-state index contributed by atoms with van der Waals surface area (Å²) in [6.07, 6.45) is 6.71. The van der Waals surface area contributed by atoms with Crippen molar-refractivity contribution in [2.45, 2.75) is 13.0 Å². The molecule has 0 atom stereocenters. The smallest absolute Gasteiger partial charge is 0.0750 e. The minimum atomic E-state index is 0.639. The highest BCUT2D eigenvalue weighted by Gasteiger charge is 2.04. The van der Waals surface area contributed by atoms with Crippen LogP contribution in [0.5, 0.6) is 0 Å². The van der Waals surface area contributed by atoms with Crippen LogP contribution in [0.2, 0.25) is 0 Å². The summed E-state index contributed by atoms with van der Waals surface area (Å²) < 4.78 is 7.91. The van der Waals surface area contributed by atoms with Gasteiger partial charge in [0.05, 0.1) is 29.5 Å². The van der Waals surface area contributed by atoms with Crippen molar-refractivity contribution in [3.63, 3.8) is 0 Å². The Morgan fingerprint density at radius 1 is 1.67 bits per heavy atom. The predicted molar refractivity (Wildman–Crippen MR) is 66.2 cm³/mol. The lowest BCUT2D eigenvalue weighted by Gasteiger charge is -2.03. The molecule has 1 aromatic heterocycles. The van der Waals surface area contributed by atoms with E-state index in [1.165, 1.54) is 0 Å². The Labute approximate surface area is 103 Å². The van der Waals surface area contributed by atoms with Gasteiger partial charge in [-0.25, -0.2) is 0 Å². The molecule has 0 aliphatic carbocycles. The van der Waals surface area contributed by atoms with Crippen LogP contribution in [0.15, 0.2) is 16.7 Å². The molecule has 84 valence electrons. The van der Waals surface area contributed by atoms with E-state index in [0.29, 0.717) is 12.5 Å². The maximum absolute atomic E-state index is 5.60. The van der Waals surface area contributed by atoms with Crippen LogP contribution in [0.1, 0.15) is 12.1 Å². The van der Waals surface area contributed by atoms with Crippen molar-refractivity contribution in [1.29, 1.82) is 0 Å². The fraction of sp³-hybridized carbons (Fsp3) is 0.500. The zero-order chi connectivity index (χ0) is 11.1. The summed E-state index contributed by atoms with van der Waals surface area (Å²) >= 11 is 9.05. The highest BCUT2D eigenvalue weighted by atomic mass is 79.9. The number of alkyl halides is 1. The molecule has 0 aliphatic heterocycles. The first-order chi connectivity index (χ1) is 7.29. The average Bonchev–Trinajstić information content (AvgIpc) is 2.58. The largest absolute Gasteiger partial charge is 0.383 e. The zero-order valence-corrected chi connectivity index (χ0v) is 11.0. The van der Waals surface area contributed by atoms with Crippen molar-refractivity contribution in [2.24, 2.45) is 0 Å². The predicted octanol–water partition coefficient (Wildman–Crippen LogP) is 2.93. The van der Waals surface area contributed by atoms with E-state index < -0.39 is 0 Å². The fourth-order valence-electron chi connectivity index (χ4n) is 1.15. The fourth-order valence-corrected chi connectivity index (χ4v) is 1.71. The summed E-state index contributed by atoms with van der Waals surface area (Å²) in [5.41, 5.74) is 1.05. The Hall–Kier alpha value is -0.320. The van der Waals surface area contributed by atoms with Gasteiger partial charge in [-0.05, 0) is 28.4 Å². The lowest BCUT2D eigenvalue weighted by molar-refractivity contribution is 0.183. The van der Waals surface area contributed by atoms with Crippen molar-refractivity contribution in [1.82, 2.24) is 9.78 Å². The van der Waals surface area contributed by atoms with Gasteiger partial charge in [0.2, 0.25) is 0 Å². The monoisotopic (exact) mass is 292 g/mol. The number of hydrogen-bond donors (Lipinski definition) is 0. The number of ether oxygens (including phenoxy) is 1. The number of nitrogens with zero attached hydrogens (tertiary/aromatic N) is 2. The average molecular weight is 294 g/mol. The molecule has 0 radical (unpaired) electrons. The Bertz CT molecular complexity index is 325. The van der Waals surface area contributed by atoms with Crippen LogP contribution < -0.4 is 0 Å². The highest BCUT2D eigenvalue weighted by Crippen LogP contribution is 2.17. The summed E-state index contributed by atoms with van der Waals surface area (Å²) in [6.45, 7) is 1.41. The summed E-state index contributed by atoms with van der Waals surface area (Å²) in [7, 11) is 1.68. The van der Waals surface area contributed by atoms with Gasteiger partial charge in [0.25, 0.3) is 0 Å². The molecule has 5 heteroatoms. The lowest BCUT2D eigenvalue weighted by atomic mass is 10.3. The molecule has 0 saturated carbocycles. The van der Waals surface area contributed by atoms with E-state index in [2.05, 4.69) is 21.0 Å². The van der Waals surface area contributed by atoms with Crippen LogP contribution in [-0.4, -0.2) is 29.4 Å². The molecule has 0 fully saturated rings. The molecule has 3 nitrogen and oxygen atoms in total. The molecule has 0 aliphatic rings. The third-order valence-corrected chi connectivity index (χ3v) is 2.72. The molecular weight excluding hydrogens is 279 g/mol. The first-order valence-electron chi connectivity index (χ1n) is 4.72. The zero-order valence-electron chi connectivity index (χ0n) is 8.62. The molecule has 0 unspecified atom stereocenters. The second-order valence-electron chi connectivity index (χ2n) is 2.97. The van der Waals surface area contributed by atoms with Gasteiger partial charge in [0.1, 0.15) is 0 Å². The van der Waals surface area contributed by atoms with Crippen molar-refractivity contribution >= 4 is 33.6 Å². The third-order valence-electron chi connectivity index (χ3n) is 1.89. The van der Waals surface area contributed by atoms with Gasteiger partial charge < -0.3 is 4.74 Å². The van der Waals surface area contributed by atoms with Gasteiger partial charge in [-0.2, -0.15) is 5.10 Å². The van der Waals surface area contributed by atoms with Crippen LogP contribution in [0.25, 0.3) is 6.08 Å². The molecule has 1 aromatic rings. The van der Waals surface area contributed by atoms with Gasteiger partial charge in [0.15, 0.2) is 0 Å². The first-order valence-corrected chi connectivity index (χ1v) is 6.05. The number of rotatable bonds is 6. The molecule has 0 saturated heterocycles. The summed E-state index contributed by atoms with van der Waals surface area (Å²) in [6, 6.07) is 0. The van der Waals surface area contributed by atoms with Crippen molar-refractivity contribution in [2.75, 3.05) is 19.6 Å². The second-order valence-corrected chi connectivity index (χ2v) is 4.21. The Morgan fingerprint density at radius 2 is 2.47 bits per heavy atom.